The predicted octanol–water partition coefficient (Wildman–Crippen LogP) is 1.00. The first-order chi connectivity index (χ1) is 14.0. The first kappa shape index (κ1) is 21.1. The van der Waals surface area contributed by atoms with Gasteiger partial charge in [0.2, 0.25) is 17.6 Å². The van der Waals surface area contributed by atoms with E-state index >= 15 is 0 Å². The molecule has 2 heterocycles. The zero-order valence-corrected chi connectivity index (χ0v) is 17.6. The summed E-state index contributed by atoms with van der Waals surface area (Å²) in [5, 5.41) is 4.09. The molecule has 1 aromatic carbocycles. The largest absolute Gasteiger partial charge is 0.493 e. The second-order valence-corrected chi connectivity index (χ2v) is 7.24. The summed E-state index contributed by atoms with van der Waals surface area (Å²) in [6, 6.07) is 5.54. The van der Waals surface area contributed by atoms with E-state index in [1.54, 1.807) is 33.2 Å². The molecule has 0 saturated carbocycles. The van der Waals surface area contributed by atoms with Crippen molar-refractivity contribution in [2.24, 2.45) is 0 Å². The first-order valence-electron chi connectivity index (χ1n) is 9.70. The summed E-state index contributed by atoms with van der Waals surface area (Å²) in [5.41, 5.74) is 0.817. The normalized spacial score (nSPS) is 15.3. The number of ether oxygens (including phenoxy) is 2. The average Bonchev–Trinajstić information content (AvgIpc) is 3.21. The Morgan fingerprint density at radius 2 is 1.79 bits per heavy atom. The number of carbonyl (C=O) groups is 1. The van der Waals surface area contributed by atoms with Gasteiger partial charge in [-0.25, -0.2) is 0 Å². The van der Waals surface area contributed by atoms with Crippen molar-refractivity contribution >= 4 is 5.91 Å². The van der Waals surface area contributed by atoms with E-state index < -0.39 is 0 Å². The quantitative estimate of drug-likeness (QED) is 0.646. The number of carbonyl (C=O) groups excluding carboxylic acids is 1. The molecule has 9 nitrogen and oxygen atoms in total. The molecule has 0 bridgehead atoms. The van der Waals surface area contributed by atoms with Crippen LogP contribution in [0.3, 0.4) is 0 Å². The van der Waals surface area contributed by atoms with Gasteiger partial charge in [0.05, 0.1) is 20.8 Å². The SMILES string of the molecule is COc1ccc(-c2noc(CCN3CCN(CC(=O)N(C)C)CC3)n2)cc1OC. The zero-order chi connectivity index (χ0) is 20.8. The van der Waals surface area contributed by atoms with E-state index in [2.05, 4.69) is 19.9 Å². The highest BCUT2D eigenvalue weighted by molar-refractivity contribution is 5.77. The number of likely N-dealkylation sites (N-methyl/N-ethyl adjacent to an activating group) is 1. The fourth-order valence-corrected chi connectivity index (χ4v) is 3.21. The number of amides is 1. The van der Waals surface area contributed by atoms with E-state index in [4.69, 9.17) is 14.0 Å². The van der Waals surface area contributed by atoms with Crippen LogP contribution in [0.1, 0.15) is 5.89 Å². The van der Waals surface area contributed by atoms with Gasteiger partial charge in [0.1, 0.15) is 0 Å². The summed E-state index contributed by atoms with van der Waals surface area (Å²) < 4.78 is 16.0. The van der Waals surface area contributed by atoms with Crippen LogP contribution >= 0.6 is 0 Å². The lowest BCUT2D eigenvalue weighted by Crippen LogP contribution is -2.49. The van der Waals surface area contributed by atoms with E-state index in [9.17, 15) is 4.79 Å². The third-order valence-electron chi connectivity index (χ3n) is 5.07. The van der Waals surface area contributed by atoms with Gasteiger partial charge in [0.25, 0.3) is 0 Å². The van der Waals surface area contributed by atoms with Crippen molar-refractivity contribution < 1.29 is 18.8 Å². The van der Waals surface area contributed by atoms with Gasteiger partial charge in [-0.1, -0.05) is 5.16 Å². The summed E-state index contributed by atoms with van der Waals surface area (Å²) in [6.07, 6.45) is 0.691. The molecule has 1 aromatic heterocycles. The van der Waals surface area contributed by atoms with Gasteiger partial charge in [-0.3, -0.25) is 9.69 Å². The fourth-order valence-electron chi connectivity index (χ4n) is 3.21. The molecule has 0 aliphatic carbocycles. The molecule has 1 fully saturated rings. The maximum atomic E-state index is 11.8. The predicted molar refractivity (Wildman–Crippen MR) is 108 cm³/mol. The number of methoxy groups -OCH3 is 2. The average molecular weight is 403 g/mol. The molecule has 2 aromatic rings. The smallest absolute Gasteiger partial charge is 0.236 e. The summed E-state index contributed by atoms with van der Waals surface area (Å²) in [4.78, 5) is 22.5. The van der Waals surface area contributed by atoms with Crippen molar-refractivity contribution in [2.75, 3.05) is 67.6 Å². The Morgan fingerprint density at radius 1 is 1.10 bits per heavy atom. The molecule has 3 rings (SSSR count). The summed E-state index contributed by atoms with van der Waals surface area (Å²) in [6.45, 7) is 4.97. The fraction of sp³-hybridized carbons (Fsp3) is 0.550. The third-order valence-corrected chi connectivity index (χ3v) is 5.07. The Kier molecular flexibility index (Phi) is 7.05. The topological polar surface area (TPSA) is 84.2 Å². The van der Waals surface area contributed by atoms with Gasteiger partial charge in [0.15, 0.2) is 11.5 Å². The van der Waals surface area contributed by atoms with Crippen LogP contribution < -0.4 is 9.47 Å². The van der Waals surface area contributed by atoms with Gasteiger partial charge < -0.3 is 23.8 Å². The van der Waals surface area contributed by atoms with Crippen molar-refractivity contribution in [2.45, 2.75) is 6.42 Å². The Morgan fingerprint density at radius 3 is 2.45 bits per heavy atom. The Labute approximate surface area is 171 Å². The number of rotatable bonds is 8. The van der Waals surface area contributed by atoms with Crippen molar-refractivity contribution in [3.8, 4) is 22.9 Å². The number of hydrogen-bond acceptors (Lipinski definition) is 8. The lowest BCUT2D eigenvalue weighted by Gasteiger charge is -2.34. The van der Waals surface area contributed by atoms with Crippen LogP contribution in [-0.4, -0.2) is 98.3 Å². The lowest BCUT2D eigenvalue weighted by atomic mass is 10.2. The van der Waals surface area contributed by atoms with Crippen LogP contribution in [-0.2, 0) is 11.2 Å². The van der Waals surface area contributed by atoms with E-state index in [0.717, 1.165) is 38.3 Å². The van der Waals surface area contributed by atoms with Gasteiger partial charge in [-0.2, -0.15) is 4.98 Å². The second kappa shape index (κ2) is 9.71. The molecular formula is C20H29N5O4. The number of nitrogens with zero attached hydrogens (tertiary/aromatic N) is 5. The first-order valence-corrected chi connectivity index (χ1v) is 9.70. The molecule has 158 valence electrons. The van der Waals surface area contributed by atoms with Crippen molar-refractivity contribution in [3.63, 3.8) is 0 Å². The molecule has 9 heteroatoms. The van der Waals surface area contributed by atoms with E-state index in [-0.39, 0.29) is 5.91 Å². The van der Waals surface area contributed by atoms with Crippen molar-refractivity contribution in [1.29, 1.82) is 0 Å². The maximum Gasteiger partial charge on any atom is 0.236 e. The monoisotopic (exact) mass is 403 g/mol. The highest BCUT2D eigenvalue weighted by Crippen LogP contribution is 2.31. The van der Waals surface area contributed by atoms with Crippen LogP contribution in [0, 0.1) is 0 Å². The molecule has 1 saturated heterocycles. The molecule has 0 atom stereocenters. The van der Waals surface area contributed by atoms with E-state index in [0.29, 0.717) is 36.2 Å². The molecule has 0 radical (unpaired) electrons. The molecule has 1 amide bonds. The highest BCUT2D eigenvalue weighted by Gasteiger charge is 2.20. The van der Waals surface area contributed by atoms with Crippen LogP contribution in [0.15, 0.2) is 22.7 Å². The van der Waals surface area contributed by atoms with Crippen molar-refractivity contribution in [1.82, 2.24) is 24.8 Å². The molecule has 0 N–H and O–H groups in total. The number of hydrogen-bond donors (Lipinski definition) is 0. The zero-order valence-electron chi connectivity index (χ0n) is 17.6. The Balaban J connectivity index is 1.50. The minimum Gasteiger partial charge on any atom is -0.493 e. The van der Waals surface area contributed by atoms with E-state index in [1.165, 1.54) is 0 Å². The van der Waals surface area contributed by atoms with Crippen LogP contribution in [0.5, 0.6) is 11.5 Å². The molecular weight excluding hydrogens is 374 g/mol. The van der Waals surface area contributed by atoms with Crippen LogP contribution in [0.25, 0.3) is 11.4 Å². The summed E-state index contributed by atoms with van der Waals surface area (Å²) in [7, 11) is 6.78. The van der Waals surface area contributed by atoms with Gasteiger partial charge in [-0.05, 0) is 18.2 Å². The summed E-state index contributed by atoms with van der Waals surface area (Å²) >= 11 is 0. The van der Waals surface area contributed by atoms with Crippen molar-refractivity contribution in [3.05, 3.63) is 24.1 Å². The Bertz CT molecular complexity index is 815. The Hall–Kier alpha value is -2.65. The third kappa shape index (κ3) is 5.45. The summed E-state index contributed by atoms with van der Waals surface area (Å²) in [5.74, 6) is 2.58. The lowest BCUT2D eigenvalue weighted by molar-refractivity contribution is -0.130. The number of aromatic nitrogens is 2. The number of benzene rings is 1. The van der Waals surface area contributed by atoms with Gasteiger partial charge >= 0.3 is 0 Å². The number of piperazine rings is 1. The minimum atomic E-state index is 0.145. The molecule has 29 heavy (non-hydrogen) atoms. The van der Waals surface area contributed by atoms with E-state index in [1.807, 2.05) is 18.2 Å². The molecule has 0 spiro atoms. The van der Waals surface area contributed by atoms with Crippen LogP contribution in [0.4, 0.5) is 0 Å². The van der Waals surface area contributed by atoms with Gasteiger partial charge in [0, 0.05) is 58.8 Å². The highest BCUT2D eigenvalue weighted by atomic mass is 16.5. The minimum absolute atomic E-state index is 0.145. The molecule has 1 aliphatic rings. The molecule has 1 aliphatic heterocycles. The standard InChI is InChI=1S/C20H29N5O4/c1-23(2)19(26)14-25-11-9-24(10-12-25)8-7-18-21-20(22-29-18)15-5-6-16(27-3)17(13-15)28-4/h5-6,13H,7-12,14H2,1-4H3. The maximum absolute atomic E-state index is 11.8. The van der Waals surface area contributed by atoms with Gasteiger partial charge in [-0.15, -0.1) is 0 Å². The molecule has 0 unspecified atom stereocenters. The van der Waals surface area contributed by atoms with Crippen LogP contribution in [0.2, 0.25) is 0 Å². The second-order valence-electron chi connectivity index (χ2n) is 7.24.